The molecule has 2 N–H and O–H groups in total. The standard InChI is InChI=1S/C18H30N2O/c1-16-6-13-7-17(2,10-16)12-18(8-13,11-16)15(21)20-14-4-3-5-19-9-14/h13-14,19H,3-12H2,1-2H3,(H,20,21)/t13?,14-,16?,17?,18?/m1/s1. The summed E-state index contributed by atoms with van der Waals surface area (Å²) in [6.07, 6.45) is 9.84. The van der Waals surface area contributed by atoms with Crippen molar-refractivity contribution in [1.82, 2.24) is 10.6 Å². The van der Waals surface area contributed by atoms with Crippen molar-refractivity contribution in [1.29, 1.82) is 0 Å². The Morgan fingerprint density at radius 2 is 1.81 bits per heavy atom. The van der Waals surface area contributed by atoms with E-state index in [1.54, 1.807) is 0 Å². The summed E-state index contributed by atoms with van der Waals surface area (Å²) in [5.74, 6) is 1.18. The zero-order chi connectivity index (χ0) is 14.7. The van der Waals surface area contributed by atoms with Crippen molar-refractivity contribution in [3.05, 3.63) is 0 Å². The molecule has 3 nitrogen and oxygen atoms in total. The molecule has 118 valence electrons. The Labute approximate surface area is 128 Å². The third kappa shape index (κ3) is 2.32. The molecule has 21 heavy (non-hydrogen) atoms. The fourth-order valence-electron chi connectivity index (χ4n) is 7.01. The maximum atomic E-state index is 13.1. The zero-order valence-electron chi connectivity index (χ0n) is 13.6. The maximum absolute atomic E-state index is 13.1. The van der Waals surface area contributed by atoms with Gasteiger partial charge >= 0.3 is 0 Å². The van der Waals surface area contributed by atoms with E-state index >= 15 is 0 Å². The Kier molecular flexibility index (Phi) is 2.99. The van der Waals surface area contributed by atoms with Crippen molar-refractivity contribution < 1.29 is 4.79 Å². The van der Waals surface area contributed by atoms with E-state index in [0.29, 0.717) is 22.8 Å². The largest absolute Gasteiger partial charge is 0.352 e. The molecule has 0 aromatic rings. The number of nitrogens with one attached hydrogen (secondary N) is 2. The summed E-state index contributed by atoms with van der Waals surface area (Å²) in [6.45, 7) is 6.95. The van der Waals surface area contributed by atoms with Gasteiger partial charge in [0.25, 0.3) is 0 Å². The van der Waals surface area contributed by atoms with Crippen molar-refractivity contribution >= 4 is 5.91 Å². The second kappa shape index (κ2) is 4.47. The van der Waals surface area contributed by atoms with Gasteiger partial charge in [-0.3, -0.25) is 4.79 Å². The molecular weight excluding hydrogens is 260 g/mol. The normalized spacial score (nSPS) is 51.9. The van der Waals surface area contributed by atoms with Crippen molar-refractivity contribution in [2.45, 2.75) is 71.3 Å². The molecule has 1 amide bonds. The van der Waals surface area contributed by atoms with E-state index < -0.39 is 0 Å². The van der Waals surface area contributed by atoms with Gasteiger partial charge in [-0.1, -0.05) is 13.8 Å². The van der Waals surface area contributed by atoms with Gasteiger partial charge in [0.1, 0.15) is 0 Å². The number of carbonyl (C=O) groups excluding carboxylic acids is 1. The summed E-state index contributed by atoms with van der Waals surface area (Å²) >= 11 is 0. The van der Waals surface area contributed by atoms with Gasteiger partial charge in [-0.15, -0.1) is 0 Å². The summed E-state index contributed by atoms with van der Waals surface area (Å²) in [6, 6.07) is 0.361. The first kappa shape index (κ1) is 14.0. The van der Waals surface area contributed by atoms with Gasteiger partial charge in [0.05, 0.1) is 5.41 Å². The third-order valence-electron chi connectivity index (χ3n) is 6.74. The topological polar surface area (TPSA) is 41.1 Å². The van der Waals surface area contributed by atoms with Crippen LogP contribution in [0, 0.1) is 22.2 Å². The highest BCUT2D eigenvalue weighted by Gasteiger charge is 2.62. The minimum Gasteiger partial charge on any atom is -0.352 e. The second-order valence-electron chi connectivity index (χ2n) is 9.43. The average Bonchev–Trinajstić information content (AvgIpc) is 2.35. The summed E-state index contributed by atoms with van der Waals surface area (Å²) < 4.78 is 0. The number of carbonyl (C=O) groups is 1. The van der Waals surface area contributed by atoms with Gasteiger partial charge in [-0.05, 0) is 74.7 Å². The molecule has 5 fully saturated rings. The van der Waals surface area contributed by atoms with Crippen LogP contribution in [0.25, 0.3) is 0 Å². The summed E-state index contributed by atoms with van der Waals surface area (Å²) in [7, 11) is 0. The van der Waals surface area contributed by atoms with Gasteiger partial charge in [-0.25, -0.2) is 0 Å². The Morgan fingerprint density at radius 3 is 2.38 bits per heavy atom. The molecule has 3 atom stereocenters. The quantitative estimate of drug-likeness (QED) is 0.821. The summed E-state index contributed by atoms with van der Waals surface area (Å²) in [5, 5.41) is 6.82. The zero-order valence-corrected chi connectivity index (χ0v) is 13.6. The lowest BCUT2D eigenvalue weighted by Crippen LogP contribution is -2.61. The number of rotatable bonds is 2. The Morgan fingerprint density at radius 1 is 1.10 bits per heavy atom. The molecule has 4 bridgehead atoms. The highest BCUT2D eigenvalue weighted by molar-refractivity contribution is 5.83. The monoisotopic (exact) mass is 290 g/mol. The summed E-state index contributed by atoms with van der Waals surface area (Å²) in [4.78, 5) is 13.1. The number of piperidine rings is 1. The molecule has 3 heteroatoms. The minimum absolute atomic E-state index is 0.0413. The van der Waals surface area contributed by atoms with Crippen molar-refractivity contribution in [2.24, 2.45) is 22.2 Å². The average molecular weight is 290 g/mol. The SMILES string of the molecule is CC12CC3CC(C)(C1)CC(C(=O)N[C@@H]1CCCNC1)(C3)C2. The van der Waals surface area contributed by atoms with Crippen LogP contribution in [0.5, 0.6) is 0 Å². The molecule has 1 heterocycles. The van der Waals surface area contributed by atoms with Crippen LogP contribution in [-0.2, 0) is 4.79 Å². The molecular formula is C18H30N2O. The fraction of sp³-hybridized carbons (Fsp3) is 0.944. The van der Waals surface area contributed by atoms with E-state index in [1.807, 2.05) is 0 Å². The molecule has 0 aromatic carbocycles. The first-order chi connectivity index (χ1) is 9.91. The predicted octanol–water partition coefficient (Wildman–Crippen LogP) is 2.85. The molecule has 1 saturated heterocycles. The highest BCUT2D eigenvalue weighted by Crippen LogP contribution is 2.69. The van der Waals surface area contributed by atoms with Crippen LogP contribution >= 0.6 is 0 Å². The molecule has 0 spiro atoms. The highest BCUT2D eigenvalue weighted by atomic mass is 16.2. The van der Waals surface area contributed by atoms with E-state index in [2.05, 4.69) is 24.5 Å². The second-order valence-corrected chi connectivity index (χ2v) is 9.43. The molecule has 0 aromatic heterocycles. The lowest BCUT2D eigenvalue weighted by Gasteiger charge is -2.64. The van der Waals surface area contributed by atoms with Gasteiger partial charge in [0.15, 0.2) is 0 Å². The van der Waals surface area contributed by atoms with E-state index in [4.69, 9.17) is 0 Å². The van der Waals surface area contributed by atoms with Gasteiger partial charge in [0.2, 0.25) is 5.91 Å². The lowest BCUT2D eigenvalue weighted by molar-refractivity contribution is -0.170. The van der Waals surface area contributed by atoms with Crippen LogP contribution in [0.4, 0.5) is 0 Å². The van der Waals surface area contributed by atoms with Crippen molar-refractivity contribution in [2.75, 3.05) is 13.1 Å². The molecule has 2 unspecified atom stereocenters. The van der Waals surface area contributed by atoms with Gasteiger partial charge < -0.3 is 10.6 Å². The Hall–Kier alpha value is -0.570. The van der Waals surface area contributed by atoms with E-state index in [-0.39, 0.29) is 5.41 Å². The molecule has 5 aliphatic rings. The Balaban J connectivity index is 1.54. The fourth-order valence-corrected chi connectivity index (χ4v) is 7.01. The van der Waals surface area contributed by atoms with Crippen LogP contribution in [0.2, 0.25) is 0 Å². The first-order valence-corrected chi connectivity index (χ1v) is 8.92. The number of amides is 1. The number of hydrogen-bond donors (Lipinski definition) is 2. The van der Waals surface area contributed by atoms with Crippen LogP contribution in [0.15, 0.2) is 0 Å². The van der Waals surface area contributed by atoms with Crippen molar-refractivity contribution in [3.63, 3.8) is 0 Å². The van der Waals surface area contributed by atoms with Crippen LogP contribution in [0.1, 0.15) is 65.2 Å². The van der Waals surface area contributed by atoms with Crippen LogP contribution in [-0.4, -0.2) is 25.0 Å². The molecule has 0 radical (unpaired) electrons. The lowest BCUT2D eigenvalue weighted by atomic mass is 9.40. The van der Waals surface area contributed by atoms with Crippen LogP contribution in [0.3, 0.4) is 0 Å². The molecule has 4 saturated carbocycles. The van der Waals surface area contributed by atoms with Crippen LogP contribution < -0.4 is 10.6 Å². The van der Waals surface area contributed by atoms with Gasteiger partial charge in [0, 0.05) is 12.6 Å². The molecule has 5 rings (SSSR count). The van der Waals surface area contributed by atoms with E-state index in [9.17, 15) is 4.79 Å². The minimum atomic E-state index is -0.0413. The Bertz CT molecular complexity index is 436. The third-order valence-corrected chi connectivity index (χ3v) is 6.74. The van der Waals surface area contributed by atoms with Gasteiger partial charge in [-0.2, -0.15) is 0 Å². The molecule has 1 aliphatic heterocycles. The maximum Gasteiger partial charge on any atom is 0.226 e. The molecule has 4 aliphatic carbocycles. The first-order valence-electron chi connectivity index (χ1n) is 8.92. The van der Waals surface area contributed by atoms with E-state index in [1.165, 1.54) is 25.7 Å². The summed E-state index contributed by atoms with van der Waals surface area (Å²) in [5.41, 5.74) is 0.813. The smallest absolute Gasteiger partial charge is 0.226 e. The number of hydrogen-bond acceptors (Lipinski definition) is 2. The van der Waals surface area contributed by atoms with E-state index in [0.717, 1.165) is 44.7 Å². The van der Waals surface area contributed by atoms with Crippen molar-refractivity contribution in [3.8, 4) is 0 Å². The predicted molar refractivity (Wildman–Crippen MR) is 83.9 cm³/mol.